The quantitative estimate of drug-likeness (QED) is 0.804. The molecular formula is C16H30N2O2. The van der Waals surface area contributed by atoms with E-state index in [-0.39, 0.29) is 5.97 Å². The Kier molecular flexibility index (Phi) is 5.08. The Morgan fingerprint density at radius 1 is 1.30 bits per heavy atom. The van der Waals surface area contributed by atoms with E-state index < -0.39 is 5.54 Å². The van der Waals surface area contributed by atoms with Gasteiger partial charge in [-0.25, -0.2) is 0 Å². The van der Waals surface area contributed by atoms with Crippen molar-refractivity contribution in [2.24, 2.45) is 11.8 Å². The molecule has 0 aromatic carbocycles. The van der Waals surface area contributed by atoms with Crippen molar-refractivity contribution in [2.45, 2.75) is 57.5 Å². The zero-order chi connectivity index (χ0) is 14.8. The minimum atomic E-state index is -0.468. The highest BCUT2D eigenvalue weighted by Crippen LogP contribution is 2.34. The lowest BCUT2D eigenvalue weighted by atomic mass is 9.77. The largest absolute Gasteiger partial charge is 0.468 e. The molecule has 2 aliphatic rings. The number of rotatable bonds is 3. The van der Waals surface area contributed by atoms with Crippen LogP contribution in [0.1, 0.15) is 46.0 Å². The predicted octanol–water partition coefficient (Wildman–Crippen LogP) is 2.04. The predicted molar refractivity (Wildman–Crippen MR) is 80.6 cm³/mol. The number of carbonyl (C=O) groups excluding carboxylic acids is 1. The Morgan fingerprint density at radius 2 is 2.05 bits per heavy atom. The van der Waals surface area contributed by atoms with Gasteiger partial charge < -0.3 is 15.0 Å². The highest BCUT2D eigenvalue weighted by Gasteiger charge is 2.44. The average molecular weight is 282 g/mol. The molecule has 4 atom stereocenters. The van der Waals surface area contributed by atoms with Gasteiger partial charge in [0.25, 0.3) is 0 Å². The second kappa shape index (κ2) is 6.44. The van der Waals surface area contributed by atoms with Crippen LogP contribution in [0.2, 0.25) is 0 Å². The number of nitrogens with one attached hydrogen (secondary N) is 1. The average Bonchev–Trinajstić information content (AvgIpc) is 2.49. The molecule has 2 rings (SSSR count). The number of piperidine rings is 1. The third-order valence-corrected chi connectivity index (χ3v) is 5.66. The number of hydrogen-bond acceptors (Lipinski definition) is 4. The normalized spacial score (nSPS) is 39.5. The minimum absolute atomic E-state index is 0.0943. The van der Waals surface area contributed by atoms with Crippen molar-refractivity contribution in [1.29, 1.82) is 0 Å². The lowest BCUT2D eigenvalue weighted by Gasteiger charge is -2.46. The highest BCUT2D eigenvalue weighted by atomic mass is 16.5. The van der Waals surface area contributed by atoms with E-state index in [1.807, 2.05) is 7.05 Å². The molecule has 2 fully saturated rings. The van der Waals surface area contributed by atoms with Gasteiger partial charge in [-0.15, -0.1) is 0 Å². The van der Waals surface area contributed by atoms with E-state index in [0.29, 0.717) is 6.04 Å². The number of nitrogens with zero attached hydrogens (tertiary/aromatic N) is 1. The number of methoxy groups -OCH3 is 1. The number of likely N-dealkylation sites (tertiary alicyclic amines) is 1. The van der Waals surface area contributed by atoms with E-state index in [1.165, 1.54) is 33.0 Å². The summed E-state index contributed by atoms with van der Waals surface area (Å²) in [5.74, 6) is 1.49. The fourth-order valence-electron chi connectivity index (χ4n) is 3.89. The first-order valence-corrected chi connectivity index (χ1v) is 8.04. The summed E-state index contributed by atoms with van der Waals surface area (Å²) >= 11 is 0. The summed E-state index contributed by atoms with van der Waals surface area (Å²) in [6.45, 7) is 7.06. The third-order valence-electron chi connectivity index (χ3n) is 5.66. The second-order valence-corrected chi connectivity index (χ2v) is 6.81. The van der Waals surface area contributed by atoms with Gasteiger partial charge in [0, 0.05) is 12.6 Å². The summed E-state index contributed by atoms with van der Waals surface area (Å²) in [6, 6.07) is 0.519. The smallest absolute Gasteiger partial charge is 0.326 e. The molecule has 0 spiro atoms. The van der Waals surface area contributed by atoms with Crippen molar-refractivity contribution >= 4 is 5.97 Å². The van der Waals surface area contributed by atoms with E-state index in [4.69, 9.17) is 4.74 Å². The molecular weight excluding hydrogens is 252 g/mol. The summed E-state index contributed by atoms with van der Waals surface area (Å²) in [7, 11) is 3.38. The van der Waals surface area contributed by atoms with Crippen molar-refractivity contribution in [3.05, 3.63) is 0 Å². The SMILES string of the molecule is CNC1(C(=O)OC)CCCC(N2CCC(C)C(C)C2)C1. The molecule has 1 heterocycles. The molecule has 0 radical (unpaired) electrons. The number of ether oxygens (including phenoxy) is 1. The number of hydrogen-bond donors (Lipinski definition) is 1. The first-order valence-electron chi connectivity index (χ1n) is 8.04. The van der Waals surface area contributed by atoms with Crippen LogP contribution >= 0.6 is 0 Å². The van der Waals surface area contributed by atoms with Crippen LogP contribution in [-0.2, 0) is 9.53 Å². The van der Waals surface area contributed by atoms with Crippen molar-refractivity contribution in [3.8, 4) is 0 Å². The maximum Gasteiger partial charge on any atom is 0.326 e. The minimum Gasteiger partial charge on any atom is -0.468 e. The summed E-state index contributed by atoms with van der Waals surface area (Å²) in [5, 5.41) is 3.26. The van der Waals surface area contributed by atoms with Gasteiger partial charge in [-0.3, -0.25) is 4.79 Å². The van der Waals surface area contributed by atoms with Crippen molar-refractivity contribution in [1.82, 2.24) is 10.2 Å². The lowest BCUT2D eigenvalue weighted by Crippen LogP contribution is -2.58. The Bertz CT molecular complexity index is 347. The zero-order valence-corrected chi connectivity index (χ0v) is 13.4. The molecule has 0 aromatic rings. The Balaban J connectivity index is 2.04. The fraction of sp³-hybridized carbons (Fsp3) is 0.938. The zero-order valence-electron chi connectivity index (χ0n) is 13.4. The molecule has 20 heavy (non-hydrogen) atoms. The first kappa shape index (κ1) is 15.8. The van der Waals surface area contributed by atoms with E-state index in [9.17, 15) is 4.79 Å². The molecule has 0 amide bonds. The van der Waals surface area contributed by atoms with Crippen molar-refractivity contribution in [2.75, 3.05) is 27.2 Å². The van der Waals surface area contributed by atoms with Gasteiger partial charge in [0.1, 0.15) is 5.54 Å². The van der Waals surface area contributed by atoms with Crippen LogP contribution in [0.25, 0.3) is 0 Å². The van der Waals surface area contributed by atoms with Gasteiger partial charge in [-0.1, -0.05) is 13.8 Å². The standard InChI is InChI=1S/C16H30N2O2/c1-12-7-9-18(11-13(12)2)14-6-5-8-16(10-14,17-3)15(19)20-4/h12-14,17H,5-11H2,1-4H3. The van der Waals surface area contributed by atoms with Crippen molar-refractivity contribution < 1.29 is 9.53 Å². The van der Waals surface area contributed by atoms with Crippen LogP contribution in [-0.4, -0.2) is 49.7 Å². The topological polar surface area (TPSA) is 41.6 Å². The van der Waals surface area contributed by atoms with Gasteiger partial charge in [-0.2, -0.15) is 0 Å². The van der Waals surface area contributed by atoms with Crippen LogP contribution in [0, 0.1) is 11.8 Å². The molecule has 4 heteroatoms. The summed E-state index contributed by atoms with van der Waals surface area (Å²) in [6.07, 6.45) is 5.37. The summed E-state index contributed by atoms with van der Waals surface area (Å²) < 4.78 is 5.04. The fourth-order valence-corrected chi connectivity index (χ4v) is 3.89. The Hall–Kier alpha value is -0.610. The van der Waals surface area contributed by atoms with Gasteiger partial charge in [-0.05, 0) is 57.5 Å². The number of carbonyl (C=O) groups is 1. The van der Waals surface area contributed by atoms with Gasteiger partial charge in [0.2, 0.25) is 0 Å². The van der Waals surface area contributed by atoms with Crippen LogP contribution in [0.15, 0.2) is 0 Å². The van der Waals surface area contributed by atoms with Gasteiger partial charge >= 0.3 is 5.97 Å². The molecule has 0 bridgehead atoms. The summed E-state index contributed by atoms with van der Waals surface area (Å²) in [5.41, 5.74) is -0.468. The molecule has 1 saturated heterocycles. The lowest BCUT2D eigenvalue weighted by molar-refractivity contribution is -0.151. The Morgan fingerprint density at radius 3 is 2.65 bits per heavy atom. The van der Waals surface area contributed by atoms with Crippen LogP contribution in [0.4, 0.5) is 0 Å². The molecule has 0 aromatic heterocycles. The molecule has 1 aliphatic heterocycles. The molecule has 4 nitrogen and oxygen atoms in total. The second-order valence-electron chi connectivity index (χ2n) is 6.81. The number of esters is 1. The molecule has 1 saturated carbocycles. The van der Waals surface area contributed by atoms with E-state index >= 15 is 0 Å². The van der Waals surface area contributed by atoms with E-state index in [2.05, 4.69) is 24.1 Å². The maximum absolute atomic E-state index is 12.2. The van der Waals surface area contributed by atoms with E-state index in [0.717, 1.165) is 31.1 Å². The molecule has 1 aliphatic carbocycles. The van der Waals surface area contributed by atoms with Crippen LogP contribution in [0.3, 0.4) is 0 Å². The third kappa shape index (κ3) is 3.01. The first-order chi connectivity index (χ1) is 9.52. The molecule has 4 unspecified atom stereocenters. The van der Waals surface area contributed by atoms with Crippen LogP contribution in [0.5, 0.6) is 0 Å². The maximum atomic E-state index is 12.2. The Labute approximate surface area is 123 Å². The van der Waals surface area contributed by atoms with Crippen molar-refractivity contribution in [3.63, 3.8) is 0 Å². The monoisotopic (exact) mass is 282 g/mol. The summed E-state index contributed by atoms with van der Waals surface area (Å²) in [4.78, 5) is 14.8. The van der Waals surface area contributed by atoms with E-state index in [1.54, 1.807) is 0 Å². The van der Waals surface area contributed by atoms with Gasteiger partial charge in [0.05, 0.1) is 7.11 Å². The molecule has 116 valence electrons. The highest BCUT2D eigenvalue weighted by molar-refractivity contribution is 5.81. The van der Waals surface area contributed by atoms with Gasteiger partial charge in [0.15, 0.2) is 0 Å². The van der Waals surface area contributed by atoms with Crippen LogP contribution < -0.4 is 5.32 Å². The number of likely N-dealkylation sites (N-methyl/N-ethyl adjacent to an activating group) is 1. The molecule has 1 N–H and O–H groups in total.